The van der Waals surface area contributed by atoms with Gasteiger partial charge in [0, 0.05) is 23.1 Å². The van der Waals surface area contributed by atoms with Crippen LogP contribution in [0, 0.1) is 5.82 Å². The minimum Gasteiger partial charge on any atom is -0.345 e. The first-order valence-corrected chi connectivity index (χ1v) is 7.70. The van der Waals surface area contributed by atoms with Gasteiger partial charge in [-0.25, -0.2) is 9.18 Å². The number of benzene rings is 2. The van der Waals surface area contributed by atoms with Gasteiger partial charge >= 0.3 is 6.03 Å². The number of nitrogens with one attached hydrogen (secondary N) is 2. The number of hydrogen-bond acceptors (Lipinski definition) is 1. The van der Waals surface area contributed by atoms with Crippen molar-refractivity contribution in [2.45, 2.75) is 13.1 Å². The van der Waals surface area contributed by atoms with Crippen molar-refractivity contribution >= 4 is 11.7 Å². The summed E-state index contributed by atoms with van der Waals surface area (Å²) < 4.78 is 15.7. The average molecular weight is 323 g/mol. The summed E-state index contributed by atoms with van der Waals surface area (Å²) in [6.07, 6.45) is 1.87. The lowest BCUT2D eigenvalue weighted by molar-refractivity contribution is 0.251. The fourth-order valence-corrected chi connectivity index (χ4v) is 2.44. The van der Waals surface area contributed by atoms with E-state index in [1.165, 1.54) is 6.07 Å². The highest BCUT2D eigenvalue weighted by atomic mass is 19.1. The van der Waals surface area contributed by atoms with Gasteiger partial charge in [-0.1, -0.05) is 36.4 Å². The number of amides is 2. The van der Waals surface area contributed by atoms with E-state index in [1.54, 1.807) is 12.1 Å². The van der Waals surface area contributed by atoms with E-state index in [0.29, 0.717) is 18.7 Å². The van der Waals surface area contributed by atoms with E-state index in [0.717, 1.165) is 11.4 Å². The van der Waals surface area contributed by atoms with Crippen LogP contribution in [0.1, 0.15) is 11.3 Å². The van der Waals surface area contributed by atoms with Crippen molar-refractivity contribution in [1.29, 1.82) is 0 Å². The monoisotopic (exact) mass is 323 g/mol. The number of halogens is 1. The number of aromatic nitrogens is 1. The molecular formula is C19H18FN3O. The number of carbonyl (C=O) groups is 1. The highest BCUT2D eigenvalue weighted by molar-refractivity contribution is 5.89. The molecule has 0 aliphatic rings. The van der Waals surface area contributed by atoms with Crippen molar-refractivity contribution in [3.8, 4) is 0 Å². The van der Waals surface area contributed by atoms with E-state index in [4.69, 9.17) is 0 Å². The van der Waals surface area contributed by atoms with Gasteiger partial charge in [0.2, 0.25) is 0 Å². The standard InChI is InChI=1S/C19H18FN3O/c20-18-11-5-4-7-15(18)14-23-12-6-10-17(23)13-21-19(24)22-16-8-2-1-3-9-16/h1-12H,13-14H2,(H2,21,22,24). The summed E-state index contributed by atoms with van der Waals surface area (Å²) in [4.78, 5) is 11.9. The van der Waals surface area contributed by atoms with Gasteiger partial charge in [0.1, 0.15) is 5.82 Å². The first-order valence-electron chi connectivity index (χ1n) is 7.70. The molecule has 122 valence electrons. The quantitative estimate of drug-likeness (QED) is 0.732. The Morgan fingerprint density at radius 1 is 0.958 bits per heavy atom. The van der Waals surface area contributed by atoms with Gasteiger partial charge in [-0.15, -0.1) is 0 Å². The fourth-order valence-electron chi connectivity index (χ4n) is 2.44. The van der Waals surface area contributed by atoms with E-state index in [1.807, 2.05) is 59.3 Å². The summed E-state index contributed by atoms with van der Waals surface area (Å²) in [7, 11) is 0. The number of hydrogen-bond donors (Lipinski definition) is 2. The van der Waals surface area contributed by atoms with Gasteiger partial charge in [-0.2, -0.15) is 0 Å². The van der Waals surface area contributed by atoms with E-state index in [9.17, 15) is 9.18 Å². The molecule has 2 N–H and O–H groups in total. The third kappa shape index (κ3) is 4.01. The van der Waals surface area contributed by atoms with Gasteiger partial charge < -0.3 is 15.2 Å². The smallest absolute Gasteiger partial charge is 0.319 e. The van der Waals surface area contributed by atoms with E-state index < -0.39 is 0 Å². The molecule has 0 atom stereocenters. The van der Waals surface area contributed by atoms with Crippen LogP contribution in [0.25, 0.3) is 0 Å². The van der Waals surface area contributed by atoms with Gasteiger partial charge in [0.15, 0.2) is 0 Å². The molecule has 1 aromatic heterocycles. The van der Waals surface area contributed by atoms with Crippen molar-refractivity contribution in [3.63, 3.8) is 0 Å². The van der Waals surface area contributed by atoms with Crippen molar-refractivity contribution in [2.24, 2.45) is 0 Å². The lowest BCUT2D eigenvalue weighted by Gasteiger charge is -2.12. The number of nitrogens with zero attached hydrogens (tertiary/aromatic N) is 1. The zero-order valence-corrected chi connectivity index (χ0v) is 13.1. The molecule has 0 unspecified atom stereocenters. The minimum absolute atomic E-state index is 0.230. The molecule has 0 radical (unpaired) electrons. The topological polar surface area (TPSA) is 46.1 Å². The van der Waals surface area contributed by atoms with Gasteiger partial charge in [0.05, 0.1) is 13.1 Å². The highest BCUT2D eigenvalue weighted by Crippen LogP contribution is 2.11. The molecule has 3 aromatic rings. The summed E-state index contributed by atoms with van der Waals surface area (Å²) in [5.41, 5.74) is 2.25. The summed E-state index contributed by atoms with van der Waals surface area (Å²) in [6.45, 7) is 0.789. The lowest BCUT2D eigenvalue weighted by atomic mass is 10.2. The number of rotatable bonds is 5. The summed E-state index contributed by atoms with van der Waals surface area (Å²) >= 11 is 0. The molecule has 5 heteroatoms. The van der Waals surface area contributed by atoms with Gasteiger partial charge in [-0.3, -0.25) is 0 Å². The van der Waals surface area contributed by atoms with Crippen LogP contribution in [0.3, 0.4) is 0 Å². The number of carbonyl (C=O) groups excluding carboxylic acids is 1. The Bertz CT molecular complexity index is 814. The van der Waals surface area contributed by atoms with Crippen LogP contribution >= 0.6 is 0 Å². The van der Waals surface area contributed by atoms with Crippen LogP contribution in [-0.4, -0.2) is 10.6 Å². The van der Waals surface area contributed by atoms with E-state index >= 15 is 0 Å². The van der Waals surface area contributed by atoms with Crippen LogP contribution in [0.2, 0.25) is 0 Å². The normalized spacial score (nSPS) is 10.4. The second kappa shape index (κ2) is 7.46. The van der Waals surface area contributed by atoms with Crippen LogP contribution in [0.4, 0.5) is 14.9 Å². The average Bonchev–Trinajstić information content (AvgIpc) is 3.03. The maximum Gasteiger partial charge on any atom is 0.319 e. The molecule has 0 aliphatic carbocycles. The molecule has 0 aliphatic heterocycles. The maximum absolute atomic E-state index is 13.8. The van der Waals surface area contributed by atoms with E-state index in [-0.39, 0.29) is 11.8 Å². The molecule has 24 heavy (non-hydrogen) atoms. The molecule has 0 fully saturated rings. The molecule has 1 heterocycles. The largest absolute Gasteiger partial charge is 0.345 e. The highest BCUT2D eigenvalue weighted by Gasteiger charge is 2.07. The number of anilines is 1. The van der Waals surface area contributed by atoms with Gasteiger partial charge in [-0.05, 0) is 30.3 Å². The number of para-hydroxylation sites is 1. The predicted octanol–water partition coefficient (Wildman–Crippen LogP) is 4.00. The molecule has 0 saturated carbocycles. The van der Waals surface area contributed by atoms with Crippen LogP contribution in [-0.2, 0) is 13.1 Å². The summed E-state index contributed by atoms with van der Waals surface area (Å²) in [5, 5.41) is 5.57. The lowest BCUT2D eigenvalue weighted by Crippen LogP contribution is -2.29. The molecule has 2 amide bonds. The van der Waals surface area contributed by atoms with Crippen molar-refractivity contribution in [3.05, 3.63) is 90.0 Å². The third-order valence-corrected chi connectivity index (χ3v) is 3.68. The Kier molecular flexibility index (Phi) is 4.91. The fraction of sp³-hybridized carbons (Fsp3) is 0.105. The summed E-state index contributed by atoms with van der Waals surface area (Å²) in [5.74, 6) is -0.230. The Hall–Kier alpha value is -3.08. The first-order chi connectivity index (χ1) is 11.7. The van der Waals surface area contributed by atoms with Crippen LogP contribution in [0.15, 0.2) is 72.9 Å². The van der Waals surface area contributed by atoms with E-state index in [2.05, 4.69) is 10.6 Å². The Balaban J connectivity index is 1.60. The molecule has 4 nitrogen and oxygen atoms in total. The molecule has 0 saturated heterocycles. The molecule has 3 rings (SSSR count). The second-order valence-electron chi connectivity index (χ2n) is 5.39. The Morgan fingerprint density at radius 3 is 2.50 bits per heavy atom. The Morgan fingerprint density at radius 2 is 1.71 bits per heavy atom. The van der Waals surface area contributed by atoms with Crippen LogP contribution in [0.5, 0.6) is 0 Å². The number of urea groups is 1. The second-order valence-corrected chi connectivity index (χ2v) is 5.39. The third-order valence-electron chi connectivity index (χ3n) is 3.68. The molecule has 0 bridgehead atoms. The van der Waals surface area contributed by atoms with Gasteiger partial charge in [0.25, 0.3) is 0 Å². The molecular weight excluding hydrogens is 305 g/mol. The van der Waals surface area contributed by atoms with Crippen LogP contribution < -0.4 is 10.6 Å². The van der Waals surface area contributed by atoms with Crippen molar-refractivity contribution < 1.29 is 9.18 Å². The molecule has 2 aromatic carbocycles. The zero-order valence-electron chi connectivity index (χ0n) is 13.1. The SMILES string of the molecule is O=C(NCc1cccn1Cc1ccccc1F)Nc1ccccc1. The first kappa shape index (κ1) is 15.8. The molecule has 0 spiro atoms. The maximum atomic E-state index is 13.8. The van der Waals surface area contributed by atoms with Crippen molar-refractivity contribution in [2.75, 3.05) is 5.32 Å². The Labute approximate surface area is 139 Å². The minimum atomic E-state index is -0.278. The zero-order chi connectivity index (χ0) is 16.8. The summed E-state index contributed by atoms with van der Waals surface area (Å²) in [6, 6.07) is 19.4. The van der Waals surface area contributed by atoms with Crippen molar-refractivity contribution in [1.82, 2.24) is 9.88 Å². The predicted molar refractivity (Wildman–Crippen MR) is 92.2 cm³/mol.